The summed E-state index contributed by atoms with van der Waals surface area (Å²) < 4.78 is 5.17. The molecule has 1 saturated heterocycles. The number of piperidine rings is 1. The summed E-state index contributed by atoms with van der Waals surface area (Å²) in [6.45, 7) is 6.55. The van der Waals surface area contributed by atoms with Gasteiger partial charge in [-0.2, -0.15) is 0 Å². The van der Waals surface area contributed by atoms with Crippen molar-refractivity contribution in [2.75, 3.05) is 26.8 Å². The molecule has 4 heteroatoms. The molecule has 0 aromatic carbocycles. The van der Waals surface area contributed by atoms with Crippen molar-refractivity contribution in [1.82, 2.24) is 4.90 Å². The van der Waals surface area contributed by atoms with Crippen LogP contribution in [0.2, 0.25) is 0 Å². The minimum Gasteiger partial charge on any atom is -0.481 e. The Bertz CT molecular complexity index is 230. The SMILES string of the molecule is COCC1CCCN(C(C)C(C)C(=O)O)C1. The minimum atomic E-state index is -0.707. The third-order valence-corrected chi connectivity index (χ3v) is 3.64. The Kier molecular flexibility index (Phi) is 5.22. The number of hydrogen-bond donors (Lipinski definition) is 1. The number of carboxylic acids is 1. The molecule has 0 radical (unpaired) electrons. The first-order valence-corrected chi connectivity index (χ1v) is 6.02. The normalized spacial score (nSPS) is 26.3. The van der Waals surface area contributed by atoms with Gasteiger partial charge in [-0.15, -0.1) is 0 Å². The summed E-state index contributed by atoms with van der Waals surface area (Å²) in [7, 11) is 1.72. The molecular formula is C12H23NO3. The summed E-state index contributed by atoms with van der Waals surface area (Å²) in [5.41, 5.74) is 0. The smallest absolute Gasteiger partial charge is 0.307 e. The number of methoxy groups -OCH3 is 1. The first-order chi connectivity index (χ1) is 7.56. The molecule has 1 fully saturated rings. The maximum Gasteiger partial charge on any atom is 0.307 e. The first kappa shape index (κ1) is 13.5. The zero-order valence-corrected chi connectivity index (χ0v) is 10.5. The van der Waals surface area contributed by atoms with Crippen molar-refractivity contribution in [3.63, 3.8) is 0 Å². The van der Waals surface area contributed by atoms with E-state index in [0.717, 1.165) is 26.1 Å². The van der Waals surface area contributed by atoms with Crippen LogP contribution >= 0.6 is 0 Å². The molecule has 0 spiro atoms. The van der Waals surface area contributed by atoms with Crippen LogP contribution in [0.25, 0.3) is 0 Å². The number of aliphatic carboxylic acids is 1. The summed E-state index contributed by atoms with van der Waals surface area (Å²) in [6, 6.07) is 0.108. The highest BCUT2D eigenvalue weighted by Gasteiger charge is 2.29. The molecule has 4 nitrogen and oxygen atoms in total. The molecule has 0 bridgehead atoms. The van der Waals surface area contributed by atoms with Crippen LogP contribution in [0.1, 0.15) is 26.7 Å². The Labute approximate surface area is 97.6 Å². The molecule has 3 atom stereocenters. The van der Waals surface area contributed by atoms with Crippen molar-refractivity contribution in [2.45, 2.75) is 32.7 Å². The maximum atomic E-state index is 10.9. The summed E-state index contributed by atoms with van der Waals surface area (Å²) in [5, 5.41) is 9.00. The molecule has 3 unspecified atom stereocenters. The van der Waals surface area contributed by atoms with Gasteiger partial charge in [0.25, 0.3) is 0 Å². The third-order valence-electron chi connectivity index (χ3n) is 3.64. The summed E-state index contributed by atoms with van der Waals surface area (Å²) in [6.07, 6.45) is 2.34. The van der Waals surface area contributed by atoms with Crippen molar-refractivity contribution in [3.05, 3.63) is 0 Å². The summed E-state index contributed by atoms with van der Waals surface area (Å²) in [4.78, 5) is 13.2. The highest BCUT2D eigenvalue weighted by Crippen LogP contribution is 2.21. The second-order valence-corrected chi connectivity index (χ2v) is 4.83. The van der Waals surface area contributed by atoms with Crippen molar-refractivity contribution in [3.8, 4) is 0 Å². The van der Waals surface area contributed by atoms with Gasteiger partial charge in [-0.25, -0.2) is 0 Å². The Hall–Kier alpha value is -0.610. The average Bonchev–Trinajstić information content (AvgIpc) is 2.28. The minimum absolute atomic E-state index is 0.108. The van der Waals surface area contributed by atoms with Crippen LogP contribution in [-0.4, -0.2) is 48.8 Å². The standard InChI is InChI=1S/C12H23NO3/c1-9(12(14)15)10(2)13-6-4-5-11(7-13)8-16-3/h9-11H,4-8H2,1-3H3,(H,14,15). The number of nitrogens with zero attached hydrogens (tertiary/aromatic N) is 1. The van der Waals surface area contributed by atoms with Crippen LogP contribution in [-0.2, 0) is 9.53 Å². The number of carbonyl (C=O) groups is 1. The molecule has 1 aliphatic heterocycles. The van der Waals surface area contributed by atoms with Crippen LogP contribution in [0.15, 0.2) is 0 Å². The highest BCUT2D eigenvalue weighted by atomic mass is 16.5. The largest absolute Gasteiger partial charge is 0.481 e. The number of hydrogen-bond acceptors (Lipinski definition) is 3. The van der Waals surface area contributed by atoms with Gasteiger partial charge in [0, 0.05) is 19.7 Å². The molecule has 0 saturated carbocycles. The molecule has 1 heterocycles. The van der Waals surface area contributed by atoms with Crippen LogP contribution in [0.5, 0.6) is 0 Å². The van der Waals surface area contributed by atoms with Crippen LogP contribution in [0, 0.1) is 11.8 Å². The van der Waals surface area contributed by atoms with Crippen molar-refractivity contribution in [2.24, 2.45) is 11.8 Å². The summed E-state index contributed by atoms with van der Waals surface area (Å²) >= 11 is 0. The predicted molar refractivity (Wildman–Crippen MR) is 62.4 cm³/mol. The van der Waals surface area contributed by atoms with E-state index >= 15 is 0 Å². The molecule has 0 aliphatic carbocycles. The fourth-order valence-electron chi connectivity index (χ4n) is 2.36. The molecule has 94 valence electrons. The molecule has 1 N–H and O–H groups in total. The van der Waals surface area contributed by atoms with E-state index in [1.54, 1.807) is 14.0 Å². The first-order valence-electron chi connectivity index (χ1n) is 6.02. The lowest BCUT2D eigenvalue weighted by Crippen LogP contribution is -2.46. The molecule has 1 aliphatic rings. The van der Waals surface area contributed by atoms with Gasteiger partial charge in [-0.3, -0.25) is 9.69 Å². The van der Waals surface area contributed by atoms with E-state index in [1.165, 1.54) is 6.42 Å². The highest BCUT2D eigenvalue weighted by molar-refractivity contribution is 5.70. The van der Waals surface area contributed by atoms with Gasteiger partial charge in [-0.1, -0.05) is 6.92 Å². The molecule has 1 rings (SSSR count). The zero-order valence-electron chi connectivity index (χ0n) is 10.5. The second kappa shape index (κ2) is 6.21. The molecule has 0 amide bonds. The van der Waals surface area contributed by atoms with Gasteiger partial charge in [0.05, 0.1) is 12.5 Å². The molecule has 16 heavy (non-hydrogen) atoms. The van der Waals surface area contributed by atoms with Crippen molar-refractivity contribution >= 4 is 5.97 Å². The van der Waals surface area contributed by atoms with Gasteiger partial charge in [0.15, 0.2) is 0 Å². The fourth-order valence-corrected chi connectivity index (χ4v) is 2.36. The van der Waals surface area contributed by atoms with Gasteiger partial charge in [0.1, 0.15) is 0 Å². The Morgan fingerprint density at radius 2 is 2.25 bits per heavy atom. The monoisotopic (exact) mass is 229 g/mol. The fraction of sp³-hybridized carbons (Fsp3) is 0.917. The molecular weight excluding hydrogens is 206 g/mol. The van der Waals surface area contributed by atoms with E-state index in [4.69, 9.17) is 9.84 Å². The quantitative estimate of drug-likeness (QED) is 0.775. The average molecular weight is 229 g/mol. The van der Waals surface area contributed by atoms with Crippen LogP contribution in [0.3, 0.4) is 0 Å². The van der Waals surface area contributed by atoms with Crippen LogP contribution in [0.4, 0.5) is 0 Å². The van der Waals surface area contributed by atoms with Gasteiger partial charge < -0.3 is 9.84 Å². The predicted octanol–water partition coefficient (Wildman–Crippen LogP) is 1.45. The van der Waals surface area contributed by atoms with E-state index in [9.17, 15) is 4.79 Å². The van der Waals surface area contributed by atoms with E-state index in [1.807, 2.05) is 6.92 Å². The summed E-state index contributed by atoms with van der Waals surface area (Å²) in [5.74, 6) is -0.454. The third kappa shape index (κ3) is 3.46. The van der Waals surface area contributed by atoms with Gasteiger partial charge in [-0.05, 0) is 32.2 Å². The van der Waals surface area contributed by atoms with Gasteiger partial charge >= 0.3 is 5.97 Å². The van der Waals surface area contributed by atoms with E-state index in [0.29, 0.717) is 5.92 Å². The molecule has 0 aromatic heterocycles. The Morgan fingerprint density at radius 3 is 2.81 bits per heavy atom. The van der Waals surface area contributed by atoms with E-state index in [-0.39, 0.29) is 12.0 Å². The lowest BCUT2D eigenvalue weighted by Gasteiger charge is -2.38. The number of ether oxygens (including phenoxy) is 1. The Balaban J connectivity index is 2.49. The topological polar surface area (TPSA) is 49.8 Å². The second-order valence-electron chi connectivity index (χ2n) is 4.83. The van der Waals surface area contributed by atoms with E-state index < -0.39 is 5.97 Å². The lowest BCUT2D eigenvalue weighted by molar-refractivity contribution is -0.143. The zero-order chi connectivity index (χ0) is 12.1. The molecule has 0 aromatic rings. The van der Waals surface area contributed by atoms with Crippen molar-refractivity contribution in [1.29, 1.82) is 0 Å². The van der Waals surface area contributed by atoms with E-state index in [2.05, 4.69) is 4.90 Å². The number of likely N-dealkylation sites (tertiary alicyclic amines) is 1. The number of carboxylic acid groups (broad SMARTS) is 1. The van der Waals surface area contributed by atoms with Gasteiger partial charge in [0.2, 0.25) is 0 Å². The van der Waals surface area contributed by atoms with Crippen molar-refractivity contribution < 1.29 is 14.6 Å². The number of rotatable bonds is 5. The Morgan fingerprint density at radius 1 is 1.56 bits per heavy atom. The lowest BCUT2D eigenvalue weighted by atomic mass is 9.94. The van der Waals surface area contributed by atoms with Crippen LogP contribution < -0.4 is 0 Å². The maximum absolute atomic E-state index is 10.9.